The lowest BCUT2D eigenvalue weighted by Crippen LogP contribution is -2.46. The number of esters is 1. The number of piperazine rings is 1. The smallest absolute Gasteiger partial charge is 0.348 e. The summed E-state index contributed by atoms with van der Waals surface area (Å²) in [6.45, 7) is 9.49. The van der Waals surface area contributed by atoms with Gasteiger partial charge in [0.05, 0.1) is 6.61 Å². The van der Waals surface area contributed by atoms with Crippen LogP contribution in [0.5, 0.6) is 0 Å². The standard InChI is InChI=1S/C18H23N3O2/c1-3-20-9-11-21(12-10-20)17-7-5-15(6-8-17)13-16(14-19)18(22)23-4-2/h5-8,13H,3-4,9-12H2,1-2H3/b16-13-. The Morgan fingerprint density at radius 3 is 2.39 bits per heavy atom. The number of nitriles is 1. The van der Waals surface area contributed by atoms with Gasteiger partial charge in [-0.05, 0) is 37.2 Å². The monoisotopic (exact) mass is 313 g/mol. The van der Waals surface area contributed by atoms with E-state index in [0.29, 0.717) is 0 Å². The Morgan fingerprint density at radius 2 is 1.87 bits per heavy atom. The van der Waals surface area contributed by atoms with Gasteiger partial charge in [-0.25, -0.2) is 4.79 Å². The highest BCUT2D eigenvalue weighted by Gasteiger charge is 2.15. The minimum atomic E-state index is -0.574. The molecular weight excluding hydrogens is 290 g/mol. The minimum Gasteiger partial charge on any atom is -0.462 e. The van der Waals surface area contributed by atoms with Gasteiger partial charge in [0.25, 0.3) is 0 Å². The van der Waals surface area contributed by atoms with Crippen molar-refractivity contribution in [3.8, 4) is 6.07 Å². The first-order chi connectivity index (χ1) is 11.2. The van der Waals surface area contributed by atoms with E-state index >= 15 is 0 Å². The van der Waals surface area contributed by atoms with Crippen molar-refractivity contribution in [1.82, 2.24) is 4.90 Å². The molecule has 1 aliphatic rings. The summed E-state index contributed by atoms with van der Waals surface area (Å²) in [6, 6.07) is 9.82. The van der Waals surface area contributed by atoms with Crippen molar-refractivity contribution in [2.24, 2.45) is 0 Å². The zero-order valence-corrected chi connectivity index (χ0v) is 13.8. The molecule has 1 heterocycles. The molecule has 1 fully saturated rings. The van der Waals surface area contributed by atoms with E-state index in [2.05, 4.69) is 16.7 Å². The molecule has 0 N–H and O–H groups in total. The number of carbonyl (C=O) groups is 1. The largest absolute Gasteiger partial charge is 0.462 e. The Morgan fingerprint density at radius 1 is 1.22 bits per heavy atom. The fourth-order valence-electron chi connectivity index (χ4n) is 2.62. The van der Waals surface area contributed by atoms with Gasteiger partial charge in [-0.15, -0.1) is 0 Å². The maximum atomic E-state index is 11.6. The number of benzene rings is 1. The molecule has 0 spiro atoms. The number of likely N-dealkylation sites (N-methyl/N-ethyl adjacent to an activating group) is 1. The molecule has 122 valence electrons. The fourth-order valence-corrected chi connectivity index (χ4v) is 2.62. The second kappa shape index (κ2) is 8.35. The minimum absolute atomic E-state index is 0.0242. The summed E-state index contributed by atoms with van der Waals surface area (Å²) in [5, 5.41) is 9.06. The predicted molar refractivity (Wildman–Crippen MR) is 91.0 cm³/mol. The molecule has 0 unspecified atom stereocenters. The van der Waals surface area contributed by atoms with Gasteiger partial charge in [0.15, 0.2) is 0 Å². The van der Waals surface area contributed by atoms with Crippen molar-refractivity contribution in [2.75, 3.05) is 44.2 Å². The van der Waals surface area contributed by atoms with Gasteiger partial charge in [-0.3, -0.25) is 0 Å². The quantitative estimate of drug-likeness (QED) is 0.474. The number of ether oxygens (including phenoxy) is 1. The van der Waals surface area contributed by atoms with Gasteiger partial charge in [0, 0.05) is 31.9 Å². The predicted octanol–water partition coefficient (Wildman–Crippen LogP) is 2.30. The first kappa shape index (κ1) is 17.0. The van der Waals surface area contributed by atoms with Gasteiger partial charge >= 0.3 is 5.97 Å². The molecule has 1 aromatic carbocycles. The molecule has 0 aliphatic carbocycles. The maximum Gasteiger partial charge on any atom is 0.348 e. The molecule has 2 rings (SSSR count). The molecular formula is C18H23N3O2. The van der Waals surface area contributed by atoms with E-state index in [-0.39, 0.29) is 12.2 Å². The molecule has 1 saturated heterocycles. The van der Waals surface area contributed by atoms with Crippen LogP contribution in [0, 0.1) is 11.3 Å². The lowest BCUT2D eigenvalue weighted by atomic mass is 10.1. The summed E-state index contributed by atoms with van der Waals surface area (Å²) < 4.78 is 4.86. The second-order valence-corrected chi connectivity index (χ2v) is 5.40. The third-order valence-corrected chi connectivity index (χ3v) is 4.00. The van der Waals surface area contributed by atoms with Crippen LogP contribution < -0.4 is 4.90 Å². The van der Waals surface area contributed by atoms with Crippen molar-refractivity contribution in [1.29, 1.82) is 5.26 Å². The Kier molecular flexibility index (Phi) is 6.19. The Balaban J connectivity index is 2.05. The highest BCUT2D eigenvalue weighted by atomic mass is 16.5. The summed E-state index contributed by atoms with van der Waals surface area (Å²) in [5.41, 5.74) is 2.02. The van der Waals surface area contributed by atoms with E-state index in [1.807, 2.05) is 30.3 Å². The molecule has 0 aromatic heterocycles. The molecule has 0 bridgehead atoms. The van der Waals surface area contributed by atoms with E-state index in [9.17, 15) is 4.79 Å². The molecule has 23 heavy (non-hydrogen) atoms. The zero-order chi connectivity index (χ0) is 16.7. The third-order valence-electron chi connectivity index (χ3n) is 4.00. The molecule has 1 aliphatic heterocycles. The fraction of sp³-hybridized carbons (Fsp3) is 0.444. The maximum absolute atomic E-state index is 11.6. The van der Waals surface area contributed by atoms with Crippen LogP contribution in [0.3, 0.4) is 0 Å². The van der Waals surface area contributed by atoms with Crippen molar-refractivity contribution in [2.45, 2.75) is 13.8 Å². The van der Waals surface area contributed by atoms with Crippen molar-refractivity contribution in [3.05, 3.63) is 35.4 Å². The van der Waals surface area contributed by atoms with Crippen LogP contribution in [0.25, 0.3) is 6.08 Å². The second-order valence-electron chi connectivity index (χ2n) is 5.40. The SMILES string of the molecule is CCOC(=O)/C(C#N)=C\c1ccc(N2CCN(CC)CC2)cc1. The first-order valence-electron chi connectivity index (χ1n) is 8.04. The number of hydrogen-bond donors (Lipinski definition) is 0. The van der Waals surface area contributed by atoms with Crippen molar-refractivity contribution in [3.63, 3.8) is 0 Å². The molecule has 0 atom stereocenters. The highest BCUT2D eigenvalue weighted by molar-refractivity contribution is 5.97. The lowest BCUT2D eigenvalue weighted by Gasteiger charge is -2.35. The van der Waals surface area contributed by atoms with Gasteiger partial charge in [-0.1, -0.05) is 19.1 Å². The summed E-state index contributed by atoms with van der Waals surface area (Å²) in [7, 11) is 0. The van der Waals surface area contributed by atoms with E-state index in [1.165, 1.54) is 5.69 Å². The molecule has 5 nitrogen and oxygen atoms in total. The Labute approximate surface area is 137 Å². The number of hydrogen-bond acceptors (Lipinski definition) is 5. The summed E-state index contributed by atoms with van der Waals surface area (Å²) in [5.74, 6) is -0.574. The number of carbonyl (C=O) groups excluding carboxylic acids is 1. The first-order valence-corrected chi connectivity index (χ1v) is 8.04. The van der Waals surface area contributed by atoms with Gasteiger partial charge in [-0.2, -0.15) is 5.26 Å². The van der Waals surface area contributed by atoms with Gasteiger partial charge in [0.1, 0.15) is 11.6 Å². The Bertz CT molecular complexity index is 594. The third kappa shape index (κ3) is 4.57. The van der Waals surface area contributed by atoms with E-state index in [1.54, 1.807) is 13.0 Å². The van der Waals surface area contributed by atoms with E-state index in [4.69, 9.17) is 10.00 Å². The number of anilines is 1. The van der Waals surface area contributed by atoms with Crippen LogP contribution in [0.2, 0.25) is 0 Å². The molecule has 0 amide bonds. The van der Waals surface area contributed by atoms with Gasteiger partial charge in [0.2, 0.25) is 0 Å². The van der Waals surface area contributed by atoms with Crippen LogP contribution in [0.1, 0.15) is 19.4 Å². The van der Waals surface area contributed by atoms with Crippen LogP contribution >= 0.6 is 0 Å². The zero-order valence-electron chi connectivity index (χ0n) is 13.8. The average molecular weight is 313 g/mol. The van der Waals surface area contributed by atoms with Crippen LogP contribution in [-0.4, -0.2) is 50.2 Å². The van der Waals surface area contributed by atoms with Crippen LogP contribution in [0.4, 0.5) is 5.69 Å². The molecule has 5 heteroatoms. The normalized spacial score (nSPS) is 16.0. The van der Waals surface area contributed by atoms with Gasteiger partial charge < -0.3 is 14.5 Å². The van der Waals surface area contributed by atoms with Crippen molar-refractivity contribution < 1.29 is 9.53 Å². The summed E-state index contributed by atoms with van der Waals surface area (Å²) in [4.78, 5) is 16.4. The number of nitrogens with zero attached hydrogens (tertiary/aromatic N) is 3. The lowest BCUT2D eigenvalue weighted by molar-refractivity contribution is -0.137. The Hall–Kier alpha value is -2.32. The van der Waals surface area contributed by atoms with E-state index in [0.717, 1.165) is 38.3 Å². The highest BCUT2D eigenvalue weighted by Crippen LogP contribution is 2.18. The molecule has 1 aromatic rings. The van der Waals surface area contributed by atoms with E-state index < -0.39 is 5.97 Å². The molecule has 0 saturated carbocycles. The van der Waals surface area contributed by atoms with Crippen LogP contribution in [-0.2, 0) is 9.53 Å². The van der Waals surface area contributed by atoms with Crippen LogP contribution in [0.15, 0.2) is 29.8 Å². The molecule has 0 radical (unpaired) electrons. The topological polar surface area (TPSA) is 56.6 Å². The summed E-state index contributed by atoms with van der Waals surface area (Å²) in [6.07, 6.45) is 1.57. The van der Waals surface area contributed by atoms with Crippen molar-refractivity contribution >= 4 is 17.7 Å². The average Bonchev–Trinajstić information content (AvgIpc) is 2.60. The summed E-state index contributed by atoms with van der Waals surface area (Å²) >= 11 is 0. The number of rotatable bonds is 5.